The van der Waals surface area contributed by atoms with Crippen molar-refractivity contribution >= 4 is 11.8 Å². The van der Waals surface area contributed by atoms with Gasteiger partial charge >= 0.3 is 0 Å². The largest absolute Gasteiger partial charge is 0.395 e. The fourth-order valence-corrected chi connectivity index (χ4v) is 5.30. The van der Waals surface area contributed by atoms with Crippen LogP contribution in [0.4, 0.5) is 0 Å². The van der Waals surface area contributed by atoms with Gasteiger partial charge in [0.05, 0.1) is 12.2 Å². The first-order valence-electron chi connectivity index (χ1n) is 7.32. The Hall–Kier alpha value is 0.230. The first kappa shape index (κ1) is 13.2. The summed E-state index contributed by atoms with van der Waals surface area (Å²) in [6.07, 6.45) is 4.80. The molecule has 0 aromatic carbocycles. The lowest BCUT2D eigenvalue weighted by molar-refractivity contribution is -0.0942. The third kappa shape index (κ3) is 2.33. The van der Waals surface area contributed by atoms with E-state index in [-0.39, 0.29) is 5.60 Å². The van der Waals surface area contributed by atoms with E-state index < -0.39 is 0 Å². The summed E-state index contributed by atoms with van der Waals surface area (Å²) in [5, 5.41) is 9.62. The molecule has 18 heavy (non-hydrogen) atoms. The smallest absolute Gasteiger partial charge is 0.0795 e. The molecule has 3 aliphatic rings. The molecule has 4 atom stereocenters. The number of hydrogen-bond donors (Lipinski definition) is 1. The Bertz CT molecular complexity index is 294. The van der Waals surface area contributed by atoms with Gasteiger partial charge in [0.15, 0.2) is 0 Å². The number of aliphatic hydroxyl groups is 1. The molecule has 0 amide bonds. The molecule has 0 bridgehead atoms. The zero-order valence-electron chi connectivity index (χ0n) is 11.3. The molecule has 4 unspecified atom stereocenters. The highest BCUT2D eigenvalue weighted by Gasteiger charge is 2.44. The van der Waals surface area contributed by atoms with Gasteiger partial charge in [-0.25, -0.2) is 0 Å². The lowest BCUT2D eigenvalue weighted by Crippen LogP contribution is -2.51. The maximum atomic E-state index is 9.62. The molecule has 3 fully saturated rings. The molecule has 3 saturated heterocycles. The maximum absolute atomic E-state index is 9.62. The Labute approximate surface area is 114 Å². The van der Waals surface area contributed by atoms with E-state index in [1.807, 2.05) is 11.8 Å². The summed E-state index contributed by atoms with van der Waals surface area (Å²) in [4.78, 5) is 2.58. The van der Waals surface area contributed by atoms with Gasteiger partial charge in [0.1, 0.15) is 0 Å². The second-order valence-electron chi connectivity index (χ2n) is 6.23. The van der Waals surface area contributed by atoms with E-state index in [4.69, 9.17) is 4.74 Å². The van der Waals surface area contributed by atoms with E-state index in [1.54, 1.807) is 0 Å². The first-order chi connectivity index (χ1) is 8.74. The van der Waals surface area contributed by atoms with Crippen LogP contribution in [0.25, 0.3) is 0 Å². The van der Waals surface area contributed by atoms with Gasteiger partial charge in [0.25, 0.3) is 0 Å². The highest BCUT2D eigenvalue weighted by Crippen LogP contribution is 2.41. The van der Waals surface area contributed by atoms with E-state index in [9.17, 15) is 5.11 Å². The van der Waals surface area contributed by atoms with Crippen LogP contribution in [0.3, 0.4) is 0 Å². The fourth-order valence-electron chi connectivity index (χ4n) is 3.92. The molecule has 3 rings (SSSR count). The number of ether oxygens (including phenoxy) is 1. The fraction of sp³-hybridized carbons (Fsp3) is 1.00. The molecular formula is C14H25NO2S. The van der Waals surface area contributed by atoms with Gasteiger partial charge in [-0.3, -0.25) is 4.90 Å². The van der Waals surface area contributed by atoms with Crippen molar-refractivity contribution in [1.82, 2.24) is 4.90 Å². The number of nitrogens with zero attached hydrogens (tertiary/aromatic N) is 1. The molecular weight excluding hydrogens is 246 g/mol. The average molecular weight is 271 g/mol. The van der Waals surface area contributed by atoms with Crippen molar-refractivity contribution in [2.75, 3.05) is 31.3 Å². The van der Waals surface area contributed by atoms with Crippen LogP contribution in [-0.4, -0.2) is 59.0 Å². The van der Waals surface area contributed by atoms with Gasteiger partial charge in [-0.1, -0.05) is 6.92 Å². The van der Waals surface area contributed by atoms with Crippen LogP contribution in [0.2, 0.25) is 0 Å². The average Bonchev–Trinajstić information content (AvgIpc) is 2.96. The molecule has 1 spiro atoms. The highest BCUT2D eigenvalue weighted by atomic mass is 32.2. The van der Waals surface area contributed by atoms with Crippen LogP contribution in [0.15, 0.2) is 0 Å². The predicted octanol–water partition coefficient (Wildman–Crippen LogP) is 1.74. The van der Waals surface area contributed by atoms with Crippen molar-refractivity contribution in [3.05, 3.63) is 0 Å². The second kappa shape index (κ2) is 5.31. The standard InChI is InChI=1S/C14H25NO2S/c1-11-2-5-15(13(11)9-16)12-3-6-17-14(8-12)4-7-18-10-14/h11-13,16H,2-10H2,1H3. The van der Waals surface area contributed by atoms with Gasteiger partial charge in [0.2, 0.25) is 0 Å². The van der Waals surface area contributed by atoms with Gasteiger partial charge in [-0.15, -0.1) is 0 Å². The summed E-state index contributed by atoms with van der Waals surface area (Å²) >= 11 is 2.04. The Morgan fingerprint density at radius 1 is 1.44 bits per heavy atom. The number of aliphatic hydroxyl groups excluding tert-OH is 1. The quantitative estimate of drug-likeness (QED) is 0.829. The molecule has 1 N–H and O–H groups in total. The minimum atomic E-state index is 0.166. The molecule has 0 aromatic rings. The normalized spacial score (nSPS) is 46.0. The van der Waals surface area contributed by atoms with Crippen molar-refractivity contribution in [3.8, 4) is 0 Å². The number of hydrogen-bond acceptors (Lipinski definition) is 4. The molecule has 3 heterocycles. The van der Waals surface area contributed by atoms with Crippen molar-refractivity contribution in [3.63, 3.8) is 0 Å². The van der Waals surface area contributed by atoms with Gasteiger partial charge in [-0.2, -0.15) is 11.8 Å². The monoisotopic (exact) mass is 271 g/mol. The van der Waals surface area contributed by atoms with Crippen molar-refractivity contribution in [2.45, 2.75) is 50.3 Å². The molecule has 0 aromatic heterocycles. The van der Waals surface area contributed by atoms with Crippen LogP contribution < -0.4 is 0 Å². The predicted molar refractivity (Wildman–Crippen MR) is 75.0 cm³/mol. The SMILES string of the molecule is CC1CCN(C2CCOC3(CCSC3)C2)C1CO. The molecule has 104 valence electrons. The molecule has 0 radical (unpaired) electrons. The lowest BCUT2D eigenvalue weighted by Gasteiger charge is -2.43. The summed E-state index contributed by atoms with van der Waals surface area (Å²) in [7, 11) is 0. The summed E-state index contributed by atoms with van der Waals surface area (Å²) in [5.74, 6) is 3.08. The molecule has 3 aliphatic heterocycles. The van der Waals surface area contributed by atoms with E-state index >= 15 is 0 Å². The topological polar surface area (TPSA) is 32.7 Å². The highest BCUT2D eigenvalue weighted by molar-refractivity contribution is 7.99. The summed E-state index contributed by atoms with van der Waals surface area (Å²) in [6.45, 7) is 4.68. The van der Waals surface area contributed by atoms with E-state index in [1.165, 1.54) is 37.3 Å². The molecule has 3 nitrogen and oxygen atoms in total. The lowest BCUT2D eigenvalue weighted by atomic mass is 9.88. The summed E-state index contributed by atoms with van der Waals surface area (Å²) in [6, 6.07) is 1.03. The Kier molecular flexibility index (Phi) is 3.90. The second-order valence-corrected chi connectivity index (χ2v) is 7.34. The van der Waals surface area contributed by atoms with Crippen LogP contribution in [0.5, 0.6) is 0 Å². The Morgan fingerprint density at radius 2 is 2.33 bits per heavy atom. The van der Waals surface area contributed by atoms with Gasteiger partial charge < -0.3 is 9.84 Å². The van der Waals surface area contributed by atoms with Crippen LogP contribution >= 0.6 is 11.8 Å². The summed E-state index contributed by atoms with van der Waals surface area (Å²) < 4.78 is 6.10. The first-order valence-corrected chi connectivity index (χ1v) is 8.48. The Morgan fingerprint density at radius 3 is 3.06 bits per heavy atom. The van der Waals surface area contributed by atoms with E-state index in [0.717, 1.165) is 13.0 Å². The number of rotatable bonds is 2. The zero-order chi connectivity index (χ0) is 12.6. The van der Waals surface area contributed by atoms with Crippen molar-refractivity contribution < 1.29 is 9.84 Å². The van der Waals surface area contributed by atoms with E-state index in [2.05, 4.69) is 11.8 Å². The third-order valence-corrected chi connectivity index (χ3v) is 6.34. The van der Waals surface area contributed by atoms with Crippen LogP contribution in [0.1, 0.15) is 32.6 Å². The maximum Gasteiger partial charge on any atom is 0.0795 e. The van der Waals surface area contributed by atoms with Crippen LogP contribution in [0, 0.1) is 5.92 Å². The number of likely N-dealkylation sites (tertiary alicyclic amines) is 1. The van der Waals surface area contributed by atoms with Crippen molar-refractivity contribution in [2.24, 2.45) is 5.92 Å². The third-order valence-electron chi connectivity index (χ3n) is 5.12. The van der Waals surface area contributed by atoms with Gasteiger partial charge in [-0.05, 0) is 43.9 Å². The molecule has 4 heteroatoms. The van der Waals surface area contributed by atoms with Gasteiger partial charge in [0, 0.05) is 24.4 Å². The zero-order valence-corrected chi connectivity index (χ0v) is 12.1. The minimum absolute atomic E-state index is 0.166. The van der Waals surface area contributed by atoms with Crippen LogP contribution in [-0.2, 0) is 4.74 Å². The minimum Gasteiger partial charge on any atom is -0.395 e. The van der Waals surface area contributed by atoms with E-state index in [0.29, 0.717) is 24.6 Å². The van der Waals surface area contributed by atoms with Crippen molar-refractivity contribution in [1.29, 1.82) is 0 Å². The number of thioether (sulfide) groups is 1. The molecule has 0 saturated carbocycles. The Balaban J connectivity index is 1.68. The molecule has 0 aliphatic carbocycles. The summed E-state index contributed by atoms with van der Waals surface area (Å²) in [5.41, 5.74) is 0.166.